The number of aliphatic hydroxyl groups is 1. The van der Waals surface area contributed by atoms with Crippen molar-refractivity contribution in [3.63, 3.8) is 0 Å². The number of pyridine rings is 1. The van der Waals surface area contributed by atoms with Crippen LogP contribution in [0.2, 0.25) is 0 Å². The molecule has 1 atom stereocenters. The van der Waals surface area contributed by atoms with Crippen LogP contribution in [0.25, 0.3) is 11.0 Å². The second kappa shape index (κ2) is 9.84. The van der Waals surface area contributed by atoms with E-state index in [1.807, 2.05) is 13.1 Å². The highest BCUT2D eigenvalue weighted by Gasteiger charge is 2.27. The number of carboxylic acid groups (broad SMARTS) is 2. The zero-order chi connectivity index (χ0) is 21.6. The molecule has 0 spiro atoms. The van der Waals surface area contributed by atoms with Crippen molar-refractivity contribution in [1.82, 2.24) is 14.5 Å². The molecule has 2 aromatic heterocycles. The number of rotatable bonds is 4. The minimum absolute atomic E-state index is 0.326. The summed E-state index contributed by atoms with van der Waals surface area (Å²) in [5.74, 6) is -1.63. The van der Waals surface area contributed by atoms with Gasteiger partial charge in [-0.15, -0.1) is 0 Å². The number of aliphatic carboxylic acids is 2. The summed E-state index contributed by atoms with van der Waals surface area (Å²) in [6, 6.07) is 4.61. The lowest BCUT2D eigenvalue weighted by Crippen LogP contribution is -2.20. The number of fused-ring (bicyclic) bond motifs is 1. The molecule has 29 heavy (non-hydrogen) atoms. The molecule has 1 fully saturated rings. The van der Waals surface area contributed by atoms with E-state index >= 15 is 0 Å². The van der Waals surface area contributed by atoms with Crippen molar-refractivity contribution in [3.05, 3.63) is 18.1 Å². The minimum Gasteiger partial charge on any atom is -0.473 e. The van der Waals surface area contributed by atoms with Gasteiger partial charge in [0.15, 0.2) is 0 Å². The third-order valence-electron chi connectivity index (χ3n) is 4.98. The van der Waals surface area contributed by atoms with Gasteiger partial charge in [-0.2, -0.15) is 5.26 Å². The zero-order valence-electron chi connectivity index (χ0n) is 16.4. The molecule has 0 bridgehead atoms. The Bertz CT molecular complexity index is 898. The Hall–Kier alpha value is -3.19. The van der Waals surface area contributed by atoms with E-state index in [2.05, 4.69) is 25.9 Å². The van der Waals surface area contributed by atoms with Crippen molar-refractivity contribution in [2.45, 2.75) is 51.2 Å². The Morgan fingerprint density at radius 3 is 2.41 bits per heavy atom. The lowest BCUT2D eigenvalue weighted by molar-refractivity contribution is -0.159. The number of aliphatic hydroxyl groups excluding tert-OH is 1. The molecule has 3 rings (SSSR count). The summed E-state index contributed by atoms with van der Waals surface area (Å²) in [6.07, 6.45) is 5.95. The number of aromatic nitrogens is 3. The zero-order valence-corrected chi connectivity index (χ0v) is 16.4. The quantitative estimate of drug-likeness (QED) is 0.561. The Labute approximate surface area is 167 Å². The molecule has 0 radical (unpaired) electrons. The molecule has 0 saturated heterocycles. The lowest BCUT2D eigenvalue weighted by Gasteiger charge is -2.30. The first-order valence-electron chi connectivity index (χ1n) is 9.35. The van der Waals surface area contributed by atoms with Crippen molar-refractivity contribution in [2.24, 2.45) is 5.92 Å². The average molecular weight is 403 g/mol. The van der Waals surface area contributed by atoms with Gasteiger partial charge >= 0.3 is 11.9 Å². The van der Waals surface area contributed by atoms with Crippen LogP contribution in [-0.2, 0) is 9.59 Å². The molecule has 0 aromatic carbocycles. The maximum atomic E-state index is 10.1. The van der Waals surface area contributed by atoms with Crippen LogP contribution in [0, 0.1) is 17.2 Å². The van der Waals surface area contributed by atoms with Crippen LogP contribution in [0.5, 0.6) is 0 Å². The van der Waals surface area contributed by atoms with E-state index in [4.69, 9.17) is 25.1 Å². The first-order valence-corrected chi connectivity index (χ1v) is 9.35. The number of hydrogen-bond donors (Lipinski definition) is 4. The maximum Gasteiger partial charge on any atom is 0.414 e. The Morgan fingerprint density at radius 1 is 1.31 bits per heavy atom. The van der Waals surface area contributed by atoms with E-state index in [9.17, 15) is 5.11 Å². The molecule has 156 valence electrons. The van der Waals surface area contributed by atoms with Gasteiger partial charge in [-0.25, -0.2) is 19.6 Å². The number of nitrogens with zero attached hydrogens (tertiary/aromatic N) is 4. The number of nitriles is 1. The molecular formula is C19H25N5O5. The fourth-order valence-electron chi connectivity index (χ4n) is 3.57. The molecule has 1 unspecified atom stereocenters. The van der Waals surface area contributed by atoms with Crippen LogP contribution in [0.15, 0.2) is 12.3 Å². The molecule has 0 amide bonds. The van der Waals surface area contributed by atoms with Gasteiger partial charge in [0.1, 0.15) is 23.3 Å². The molecule has 2 aromatic rings. The number of hydrogen-bond acceptors (Lipinski definition) is 7. The smallest absolute Gasteiger partial charge is 0.414 e. The van der Waals surface area contributed by atoms with E-state index in [0.717, 1.165) is 42.5 Å². The van der Waals surface area contributed by atoms with E-state index in [-0.39, 0.29) is 0 Å². The van der Waals surface area contributed by atoms with Crippen molar-refractivity contribution in [2.75, 3.05) is 12.4 Å². The average Bonchev–Trinajstić information content (AvgIpc) is 3.08. The largest absolute Gasteiger partial charge is 0.473 e. The molecule has 1 aliphatic rings. The number of anilines is 1. The van der Waals surface area contributed by atoms with Gasteiger partial charge in [-0.3, -0.25) is 0 Å². The molecule has 10 heteroatoms. The maximum absolute atomic E-state index is 10.1. The number of carbonyl (C=O) groups is 2. The predicted octanol–water partition coefficient (Wildman–Crippen LogP) is 2.33. The van der Waals surface area contributed by atoms with Crippen LogP contribution < -0.4 is 5.32 Å². The van der Waals surface area contributed by atoms with E-state index in [1.54, 1.807) is 13.1 Å². The van der Waals surface area contributed by atoms with Gasteiger partial charge in [-0.1, -0.05) is 0 Å². The Morgan fingerprint density at radius 2 is 1.93 bits per heavy atom. The standard InChI is InChI=1S/C17H23N5O.C2H2O4/c1-11(23)17-21-14-10-20-16(19-2)9-15(14)22(17)13-5-3-12(4-6-13)7-8-18;3-1(4)2(5)6/h9-13,23H,3-7H2,1-2H3,(H,19,20);(H,3,4)(H,5,6)/t11?,12-,13-;. The van der Waals surface area contributed by atoms with E-state index in [0.29, 0.717) is 24.2 Å². The second-order valence-electron chi connectivity index (χ2n) is 6.97. The van der Waals surface area contributed by atoms with Crippen LogP contribution in [0.3, 0.4) is 0 Å². The van der Waals surface area contributed by atoms with Gasteiger partial charge in [0.05, 0.1) is 17.8 Å². The highest BCUT2D eigenvalue weighted by Crippen LogP contribution is 2.37. The van der Waals surface area contributed by atoms with E-state index in [1.165, 1.54) is 0 Å². The normalized spacial score (nSPS) is 19.5. The van der Waals surface area contributed by atoms with Gasteiger partial charge in [-0.05, 0) is 38.5 Å². The topological polar surface area (TPSA) is 161 Å². The predicted molar refractivity (Wildman–Crippen MR) is 104 cm³/mol. The fourth-order valence-corrected chi connectivity index (χ4v) is 3.57. The van der Waals surface area contributed by atoms with Gasteiger partial charge in [0.2, 0.25) is 0 Å². The highest BCUT2D eigenvalue weighted by molar-refractivity contribution is 6.27. The molecule has 2 heterocycles. The third kappa shape index (κ3) is 5.42. The Balaban J connectivity index is 0.000000438. The highest BCUT2D eigenvalue weighted by atomic mass is 16.4. The molecule has 1 aliphatic carbocycles. The molecule has 4 N–H and O–H groups in total. The van der Waals surface area contributed by atoms with Crippen molar-refractivity contribution < 1.29 is 24.9 Å². The fraction of sp³-hybridized carbons (Fsp3) is 0.526. The summed E-state index contributed by atoms with van der Waals surface area (Å²) in [5.41, 5.74) is 1.84. The summed E-state index contributed by atoms with van der Waals surface area (Å²) in [4.78, 5) is 27.1. The first-order chi connectivity index (χ1) is 13.8. The number of nitrogens with one attached hydrogen (secondary N) is 1. The van der Waals surface area contributed by atoms with Crippen LogP contribution in [-0.4, -0.2) is 48.8 Å². The number of imidazole rings is 1. The molecule has 0 aliphatic heterocycles. The Kier molecular flexibility index (Phi) is 7.50. The monoisotopic (exact) mass is 403 g/mol. The summed E-state index contributed by atoms with van der Waals surface area (Å²) >= 11 is 0. The minimum atomic E-state index is -1.82. The van der Waals surface area contributed by atoms with E-state index < -0.39 is 18.0 Å². The molecular weight excluding hydrogens is 378 g/mol. The molecule has 1 saturated carbocycles. The van der Waals surface area contributed by atoms with Gasteiger partial charge in [0, 0.05) is 25.6 Å². The van der Waals surface area contributed by atoms with Crippen molar-refractivity contribution in [3.8, 4) is 6.07 Å². The van der Waals surface area contributed by atoms with Crippen LogP contribution >= 0.6 is 0 Å². The first kappa shape index (κ1) is 22.1. The van der Waals surface area contributed by atoms with Crippen molar-refractivity contribution in [1.29, 1.82) is 5.26 Å². The van der Waals surface area contributed by atoms with Crippen LogP contribution in [0.1, 0.15) is 57.0 Å². The third-order valence-corrected chi connectivity index (χ3v) is 4.98. The second-order valence-corrected chi connectivity index (χ2v) is 6.97. The van der Waals surface area contributed by atoms with Crippen molar-refractivity contribution >= 4 is 28.8 Å². The summed E-state index contributed by atoms with van der Waals surface area (Å²) in [5, 5.41) is 36.9. The SMILES string of the molecule is CNc1cc2c(cn1)nc(C(C)O)n2[C@H]1CC[C@H](CC#N)CC1.O=C(O)C(=O)O. The number of carboxylic acids is 2. The van der Waals surface area contributed by atoms with Gasteiger partial charge in [0.25, 0.3) is 0 Å². The molecule has 10 nitrogen and oxygen atoms in total. The summed E-state index contributed by atoms with van der Waals surface area (Å²) < 4.78 is 2.19. The summed E-state index contributed by atoms with van der Waals surface area (Å²) in [6.45, 7) is 1.76. The van der Waals surface area contributed by atoms with Crippen LogP contribution in [0.4, 0.5) is 5.82 Å². The summed E-state index contributed by atoms with van der Waals surface area (Å²) in [7, 11) is 1.84. The lowest BCUT2D eigenvalue weighted by atomic mass is 9.84. The van der Waals surface area contributed by atoms with Gasteiger partial charge < -0.3 is 25.2 Å².